The van der Waals surface area contributed by atoms with Crippen LogP contribution in [0.5, 0.6) is 0 Å². The number of carbonyl (C=O) groups excluding carboxylic acids is 1. The van der Waals surface area contributed by atoms with Crippen molar-refractivity contribution in [2.75, 3.05) is 18.4 Å². The van der Waals surface area contributed by atoms with Crippen molar-refractivity contribution in [1.29, 1.82) is 0 Å². The van der Waals surface area contributed by atoms with Crippen LogP contribution in [0.2, 0.25) is 0 Å². The Hall–Kier alpha value is -2.13. The Labute approximate surface area is 145 Å². The van der Waals surface area contributed by atoms with Gasteiger partial charge in [0.15, 0.2) is 0 Å². The Morgan fingerprint density at radius 3 is 2.21 bits per heavy atom. The predicted octanol–water partition coefficient (Wildman–Crippen LogP) is 4.66. The summed E-state index contributed by atoms with van der Waals surface area (Å²) in [6.45, 7) is 9.96. The van der Waals surface area contributed by atoms with Crippen molar-refractivity contribution in [3.63, 3.8) is 0 Å². The highest BCUT2D eigenvalue weighted by molar-refractivity contribution is 5.96. The minimum Gasteiger partial charge on any atom is -0.324 e. The molecule has 24 heavy (non-hydrogen) atoms. The van der Waals surface area contributed by atoms with Crippen LogP contribution in [0.3, 0.4) is 0 Å². The number of para-hydroxylation sites is 1. The number of hydrogen-bond acceptors (Lipinski definition) is 2. The molecular formula is C21H28N2O. The molecule has 0 spiro atoms. The second-order valence-corrected chi connectivity index (χ2v) is 6.88. The van der Waals surface area contributed by atoms with Crippen LogP contribution in [0.15, 0.2) is 54.6 Å². The lowest BCUT2D eigenvalue weighted by Gasteiger charge is -2.27. The Bertz CT molecular complexity index is 650. The van der Waals surface area contributed by atoms with E-state index in [4.69, 9.17) is 0 Å². The maximum absolute atomic E-state index is 12.5. The SMILES string of the molecule is CC(C)CN(CC(=O)Nc1ccccc1-c1ccccc1)C(C)C. The van der Waals surface area contributed by atoms with E-state index < -0.39 is 0 Å². The first-order chi connectivity index (χ1) is 11.5. The number of amides is 1. The van der Waals surface area contributed by atoms with Crippen molar-refractivity contribution in [3.8, 4) is 11.1 Å². The third kappa shape index (κ3) is 5.20. The summed E-state index contributed by atoms with van der Waals surface area (Å²) >= 11 is 0. The van der Waals surface area contributed by atoms with Gasteiger partial charge in [-0.1, -0.05) is 62.4 Å². The number of rotatable bonds is 7. The van der Waals surface area contributed by atoms with Crippen molar-refractivity contribution < 1.29 is 4.79 Å². The van der Waals surface area contributed by atoms with Gasteiger partial charge in [0.2, 0.25) is 5.91 Å². The molecule has 0 aliphatic rings. The molecule has 0 aromatic heterocycles. The fraction of sp³-hybridized carbons (Fsp3) is 0.381. The van der Waals surface area contributed by atoms with Crippen LogP contribution in [-0.2, 0) is 4.79 Å². The van der Waals surface area contributed by atoms with E-state index in [0.29, 0.717) is 18.5 Å². The third-order valence-electron chi connectivity index (χ3n) is 3.96. The van der Waals surface area contributed by atoms with E-state index in [2.05, 4.69) is 50.0 Å². The lowest BCUT2D eigenvalue weighted by Crippen LogP contribution is -2.40. The second-order valence-electron chi connectivity index (χ2n) is 6.88. The summed E-state index contributed by atoms with van der Waals surface area (Å²) in [7, 11) is 0. The van der Waals surface area contributed by atoms with Gasteiger partial charge in [0.1, 0.15) is 0 Å². The second kappa shape index (κ2) is 8.65. The first kappa shape index (κ1) is 18.2. The zero-order valence-electron chi connectivity index (χ0n) is 15.1. The summed E-state index contributed by atoms with van der Waals surface area (Å²) in [5.41, 5.74) is 3.02. The van der Waals surface area contributed by atoms with E-state index in [0.717, 1.165) is 23.4 Å². The molecule has 0 saturated carbocycles. The monoisotopic (exact) mass is 324 g/mol. The van der Waals surface area contributed by atoms with E-state index >= 15 is 0 Å². The molecule has 2 aromatic carbocycles. The number of nitrogens with one attached hydrogen (secondary N) is 1. The van der Waals surface area contributed by atoms with E-state index in [1.807, 2.05) is 42.5 Å². The minimum absolute atomic E-state index is 0.0349. The highest BCUT2D eigenvalue weighted by atomic mass is 16.2. The maximum Gasteiger partial charge on any atom is 0.238 e. The van der Waals surface area contributed by atoms with Gasteiger partial charge < -0.3 is 5.32 Å². The third-order valence-corrected chi connectivity index (χ3v) is 3.96. The number of nitrogens with zero attached hydrogens (tertiary/aromatic N) is 1. The van der Waals surface area contributed by atoms with Crippen molar-refractivity contribution in [2.24, 2.45) is 5.92 Å². The molecule has 128 valence electrons. The van der Waals surface area contributed by atoms with Gasteiger partial charge in [0.05, 0.1) is 6.54 Å². The Kier molecular flexibility index (Phi) is 6.56. The molecule has 1 N–H and O–H groups in total. The quantitative estimate of drug-likeness (QED) is 0.803. The fourth-order valence-corrected chi connectivity index (χ4v) is 2.76. The Balaban J connectivity index is 2.12. The molecular weight excluding hydrogens is 296 g/mol. The van der Waals surface area contributed by atoms with Crippen molar-refractivity contribution in [2.45, 2.75) is 33.7 Å². The van der Waals surface area contributed by atoms with E-state index in [-0.39, 0.29) is 5.91 Å². The number of anilines is 1. The number of hydrogen-bond donors (Lipinski definition) is 1. The molecule has 0 aliphatic carbocycles. The van der Waals surface area contributed by atoms with Crippen LogP contribution in [0.1, 0.15) is 27.7 Å². The smallest absolute Gasteiger partial charge is 0.238 e. The Morgan fingerprint density at radius 2 is 1.58 bits per heavy atom. The highest BCUT2D eigenvalue weighted by Gasteiger charge is 2.16. The topological polar surface area (TPSA) is 32.3 Å². The van der Waals surface area contributed by atoms with Gasteiger partial charge in [-0.3, -0.25) is 9.69 Å². The van der Waals surface area contributed by atoms with Gasteiger partial charge in [0.25, 0.3) is 0 Å². The molecule has 2 aromatic rings. The van der Waals surface area contributed by atoms with Gasteiger partial charge in [-0.2, -0.15) is 0 Å². The predicted molar refractivity (Wildman–Crippen MR) is 102 cm³/mol. The van der Waals surface area contributed by atoms with E-state index in [1.54, 1.807) is 0 Å². The molecule has 3 nitrogen and oxygen atoms in total. The number of benzene rings is 2. The van der Waals surface area contributed by atoms with Gasteiger partial charge in [-0.25, -0.2) is 0 Å². The molecule has 2 rings (SSSR count). The lowest BCUT2D eigenvalue weighted by molar-refractivity contribution is -0.117. The van der Waals surface area contributed by atoms with Gasteiger partial charge in [-0.05, 0) is 31.4 Å². The standard InChI is InChI=1S/C21H28N2O/c1-16(2)14-23(17(3)4)15-21(24)22-20-13-9-8-12-19(20)18-10-6-5-7-11-18/h5-13,16-17H,14-15H2,1-4H3,(H,22,24). The summed E-state index contributed by atoms with van der Waals surface area (Å²) in [5, 5.41) is 3.09. The van der Waals surface area contributed by atoms with E-state index in [9.17, 15) is 4.79 Å². The van der Waals surface area contributed by atoms with Crippen LogP contribution in [-0.4, -0.2) is 29.9 Å². The van der Waals surface area contributed by atoms with Crippen LogP contribution in [0.4, 0.5) is 5.69 Å². The molecule has 0 bridgehead atoms. The van der Waals surface area contributed by atoms with Gasteiger partial charge >= 0.3 is 0 Å². The van der Waals surface area contributed by atoms with Crippen molar-refractivity contribution >= 4 is 11.6 Å². The molecule has 0 heterocycles. The highest BCUT2D eigenvalue weighted by Crippen LogP contribution is 2.27. The molecule has 1 amide bonds. The molecule has 3 heteroatoms. The minimum atomic E-state index is 0.0349. The maximum atomic E-state index is 12.5. The molecule has 0 aliphatic heterocycles. The van der Waals surface area contributed by atoms with Gasteiger partial charge in [-0.15, -0.1) is 0 Å². The molecule has 0 radical (unpaired) electrons. The Morgan fingerprint density at radius 1 is 0.958 bits per heavy atom. The van der Waals surface area contributed by atoms with Crippen molar-refractivity contribution in [1.82, 2.24) is 4.90 Å². The van der Waals surface area contributed by atoms with Crippen molar-refractivity contribution in [3.05, 3.63) is 54.6 Å². The van der Waals surface area contributed by atoms with Crippen LogP contribution >= 0.6 is 0 Å². The molecule has 0 saturated heterocycles. The average Bonchev–Trinajstić information content (AvgIpc) is 2.55. The summed E-state index contributed by atoms with van der Waals surface area (Å²) in [5.74, 6) is 0.574. The van der Waals surface area contributed by atoms with Gasteiger partial charge in [0, 0.05) is 23.8 Å². The number of carbonyl (C=O) groups is 1. The van der Waals surface area contributed by atoms with Crippen LogP contribution < -0.4 is 5.32 Å². The summed E-state index contributed by atoms with van der Waals surface area (Å²) < 4.78 is 0. The molecule has 0 fully saturated rings. The lowest BCUT2D eigenvalue weighted by atomic mass is 10.0. The van der Waals surface area contributed by atoms with Crippen LogP contribution in [0, 0.1) is 5.92 Å². The first-order valence-electron chi connectivity index (χ1n) is 8.65. The average molecular weight is 324 g/mol. The zero-order chi connectivity index (χ0) is 17.5. The van der Waals surface area contributed by atoms with E-state index in [1.165, 1.54) is 0 Å². The first-order valence-corrected chi connectivity index (χ1v) is 8.65. The largest absolute Gasteiger partial charge is 0.324 e. The summed E-state index contributed by atoms with van der Waals surface area (Å²) in [6, 6.07) is 18.4. The van der Waals surface area contributed by atoms with Crippen LogP contribution in [0.25, 0.3) is 11.1 Å². The summed E-state index contributed by atoms with van der Waals surface area (Å²) in [6.07, 6.45) is 0. The molecule has 0 unspecified atom stereocenters. The zero-order valence-corrected chi connectivity index (χ0v) is 15.1. The fourth-order valence-electron chi connectivity index (χ4n) is 2.76. The molecule has 0 atom stereocenters. The summed E-state index contributed by atoms with van der Waals surface area (Å²) in [4.78, 5) is 14.8. The normalized spacial score (nSPS) is 11.3.